The zero-order valence-corrected chi connectivity index (χ0v) is 18.4. The summed E-state index contributed by atoms with van der Waals surface area (Å²) in [6, 6.07) is 6.66. The second kappa shape index (κ2) is 8.39. The average Bonchev–Trinajstić information content (AvgIpc) is 3.25. The third-order valence-corrected chi connectivity index (χ3v) is 6.95. The number of carbonyl (C=O) groups is 1. The van der Waals surface area contributed by atoms with Crippen LogP contribution in [0.2, 0.25) is 0 Å². The molecule has 0 spiro atoms. The molecule has 0 bridgehead atoms. The van der Waals surface area contributed by atoms with E-state index in [4.69, 9.17) is 4.74 Å². The van der Waals surface area contributed by atoms with Gasteiger partial charge in [0.15, 0.2) is 5.16 Å². The van der Waals surface area contributed by atoms with Gasteiger partial charge in [-0.25, -0.2) is 14.8 Å². The van der Waals surface area contributed by atoms with E-state index >= 15 is 0 Å². The van der Waals surface area contributed by atoms with E-state index < -0.39 is 17.8 Å². The van der Waals surface area contributed by atoms with E-state index in [2.05, 4.69) is 15.0 Å². The second-order valence-corrected chi connectivity index (χ2v) is 9.01. The van der Waals surface area contributed by atoms with Crippen LogP contribution in [0.15, 0.2) is 34.2 Å². The number of halogens is 2. The number of nitrogens with zero attached hydrogens (tertiary/aromatic N) is 3. The van der Waals surface area contributed by atoms with Crippen molar-refractivity contribution >= 4 is 50.3 Å². The number of alkyl halides is 2. The summed E-state index contributed by atoms with van der Waals surface area (Å²) in [6.45, 7) is 2.58. The lowest BCUT2D eigenvalue weighted by Crippen LogP contribution is -2.13. The number of carbonyl (C=O) groups excluding carboxylic acids is 1. The van der Waals surface area contributed by atoms with Gasteiger partial charge in [-0.2, -0.15) is 8.78 Å². The van der Waals surface area contributed by atoms with Gasteiger partial charge in [0.05, 0.1) is 28.3 Å². The van der Waals surface area contributed by atoms with Crippen LogP contribution in [0.5, 0.6) is 0 Å². The van der Waals surface area contributed by atoms with E-state index in [0.717, 1.165) is 27.7 Å². The number of thioether (sulfide) groups is 1. The number of rotatable bonds is 6. The van der Waals surface area contributed by atoms with E-state index in [1.54, 1.807) is 45.0 Å². The molecule has 11 heteroatoms. The van der Waals surface area contributed by atoms with E-state index in [0.29, 0.717) is 37.5 Å². The Kier molecular flexibility index (Phi) is 5.80. The molecule has 0 aliphatic heterocycles. The van der Waals surface area contributed by atoms with Crippen molar-refractivity contribution in [3.05, 3.63) is 50.9 Å². The van der Waals surface area contributed by atoms with Crippen molar-refractivity contribution in [3.63, 3.8) is 0 Å². The molecule has 3 heterocycles. The highest BCUT2D eigenvalue weighted by Gasteiger charge is 2.24. The highest BCUT2D eigenvalue weighted by molar-refractivity contribution is 7.99. The Bertz CT molecular complexity index is 1350. The van der Waals surface area contributed by atoms with Crippen molar-refractivity contribution in [3.8, 4) is 0 Å². The first kappa shape index (κ1) is 21.4. The maximum absolute atomic E-state index is 13.7. The fraction of sp³-hybridized carbons (Fsp3) is 0.300. The Morgan fingerprint density at radius 2 is 2.06 bits per heavy atom. The molecular formula is C20H18F2N4O3S2. The number of imidazole rings is 1. The smallest absolute Gasteiger partial charge is 0.348 e. The summed E-state index contributed by atoms with van der Waals surface area (Å²) >= 11 is 2.15. The van der Waals surface area contributed by atoms with Gasteiger partial charge >= 0.3 is 12.5 Å². The number of benzene rings is 1. The molecule has 4 aromatic rings. The number of aryl methyl sites for hydroxylation is 1. The van der Waals surface area contributed by atoms with Gasteiger partial charge in [-0.05, 0) is 38.5 Å². The molecule has 162 valence electrons. The molecule has 4 rings (SSSR count). The molecule has 0 saturated heterocycles. The summed E-state index contributed by atoms with van der Waals surface area (Å²) in [4.78, 5) is 37.1. The van der Waals surface area contributed by atoms with Gasteiger partial charge < -0.3 is 9.72 Å². The maximum Gasteiger partial charge on any atom is 0.348 e. The van der Waals surface area contributed by atoms with Gasteiger partial charge in [0.1, 0.15) is 15.5 Å². The monoisotopic (exact) mass is 464 g/mol. The Labute approximate surface area is 183 Å². The lowest BCUT2D eigenvalue weighted by molar-refractivity contribution is 0.0531. The lowest BCUT2D eigenvalue weighted by atomic mass is 10.2. The van der Waals surface area contributed by atoms with E-state index in [-0.39, 0.29) is 17.3 Å². The first-order valence-corrected chi connectivity index (χ1v) is 11.1. The second-order valence-electron chi connectivity index (χ2n) is 6.70. The third kappa shape index (κ3) is 3.83. The minimum absolute atomic E-state index is 0.126. The Morgan fingerprint density at radius 3 is 2.77 bits per heavy atom. The standard InChI is InChI=1S/C20H18F2N4O3S2/c1-4-29-18(28)14-9(2)13-16(27)24-15(25-17(13)31-14)10(3)30-20-23-11-7-5-6-8-12(11)26(20)19(21)22/h5-8,10,19H,4H2,1-3H3,(H,24,25,27). The van der Waals surface area contributed by atoms with E-state index in [9.17, 15) is 18.4 Å². The molecule has 1 aromatic carbocycles. The summed E-state index contributed by atoms with van der Waals surface area (Å²) in [5.74, 6) is -0.191. The Hall–Kier alpha value is -2.79. The molecule has 0 amide bonds. The van der Waals surface area contributed by atoms with Crippen LogP contribution in [0.1, 0.15) is 46.7 Å². The van der Waals surface area contributed by atoms with E-state index in [1.807, 2.05) is 0 Å². The van der Waals surface area contributed by atoms with Crippen LogP contribution in [0.3, 0.4) is 0 Å². The van der Waals surface area contributed by atoms with Crippen LogP contribution in [0, 0.1) is 6.92 Å². The third-order valence-electron chi connectivity index (χ3n) is 4.71. The van der Waals surface area contributed by atoms with Gasteiger partial charge in [-0.1, -0.05) is 23.9 Å². The van der Waals surface area contributed by atoms with Gasteiger partial charge in [-0.15, -0.1) is 11.3 Å². The number of hydrogen-bond acceptors (Lipinski definition) is 7. The molecule has 1 unspecified atom stereocenters. The minimum atomic E-state index is -2.76. The first-order chi connectivity index (χ1) is 14.8. The van der Waals surface area contributed by atoms with Crippen LogP contribution in [-0.2, 0) is 4.74 Å². The predicted octanol–water partition coefficient (Wildman–Crippen LogP) is 5.07. The van der Waals surface area contributed by atoms with Crippen molar-refractivity contribution < 1.29 is 18.3 Å². The minimum Gasteiger partial charge on any atom is -0.462 e. The van der Waals surface area contributed by atoms with Gasteiger partial charge in [0, 0.05) is 0 Å². The van der Waals surface area contributed by atoms with Crippen molar-refractivity contribution in [2.24, 2.45) is 0 Å². The topological polar surface area (TPSA) is 89.9 Å². The summed E-state index contributed by atoms with van der Waals surface area (Å²) < 4.78 is 33.3. The Balaban J connectivity index is 1.73. The summed E-state index contributed by atoms with van der Waals surface area (Å²) in [5, 5.41) is -0.0188. The van der Waals surface area contributed by atoms with Crippen LogP contribution in [0.4, 0.5) is 8.78 Å². The molecular weight excluding hydrogens is 446 g/mol. The molecule has 7 nitrogen and oxygen atoms in total. The number of ether oxygens (including phenoxy) is 1. The highest BCUT2D eigenvalue weighted by atomic mass is 32.2. The van der Waals surface area contributed by atoms with Crippen LogP contribution < -0.4 is 5.56 Å². The molecule has 0 aliphatic carbocycles. The summed E-state index contributed by atoms with van der Waals surface area (Å²) in [7, 11) is 0. The SMILES string of the molecule is CCOC(=O)c1sc2nc(C(C)Sc3nc4ccccc4n3C(F)F)[nH]c(=O)c2c1C. The Morgan fingerprint density at radius 1 is 1.32 bits per heavy atom. The quantitative estimate of drug-likeness (QED) is 0.317. The number of fused-ring (bicyclic) bond motifs is 2. The van der Waals surface area contributed by atoms with Crippen molar-refractivity contribution in [2.45, 2.75) is 37.7 Å². The molecule has 0 saturated carbocycles. The fourth-order valence-electron chi connectivity index (χ4n) is 3.25. The first-order valence-electron chi connectivity index (χ1n) is 9.44. The average molecular weight is 465 g/mol. The van der Waals surface area contributed by atoms with Gasteiger partial charge in [-0.3, -0.25) is 9.36 Å². The van der Waals surface area contributed by atoms with E-state index in [1.165, 1.54) is 0 Å². The molecule has 1 atom stereocenters. The van der Waals surface area contributed by atoms with Crippen LogP contribution in [0.25, 0.3) is 21.3 Å². The lowest BCUT2D eigenvalue weighted by Gasteiger charge is -2.12. The van der Waals surface area contributed by atoms with Crippen molar-refractivity contribution in [1.29, 1.82) is 0 Å². The van der Waals surface area contributed by atoms with Gasteiger partial charge in [0.25, 0.3) is 5.56 Å². The number of H-pyrrole nitrogens is 1. The number of para-hydroxylation sites is 2. The fourth-order valence-corrected chi connectivity index (χ4v) is 5.32. The zero-order chi connectivity index (χ0) is 22.3. The van der Waals surface area contributed by atoms with Gasteiger partial charge in [0.2, 0.25) is 0 Å². The number of aromatic nitrogens is 4. The molecule has 0 aliphatic rings. The molecule has 0 fully saturated rings. The highest BCUT2D eigenvalue weighted by Crippen LogP contribution is 2.37. The normalized spacial score (nSPS) is 12.7. The number of esters is 1. The number of nitrogens with one attached hydrogen (secondary N) is 1. The molecule has 3 aromatic heterocycles. The largest absolute Gasteiger partial charge is 0.462 e. The predicted molar refractivity (Wildman–Crippen MR) is 116 cm³/mol. The molecule has 31 heavy (non-hydrogen) atoms. The van der Waals surface area contributed by atoms with Crippen LogP contribution in [-0.4, -0.2) is 32.1 Å². The number of thiophene rings is 1. The zero-order valence-electron chi connectivity index (χ0n) is 16.8. The number of aromatic amines is 1. The van der Waals surface area contributed by atoms with Crippen molar-refractivity contribution in [1.82, 2.24) is 19.5 Å². The van der Waals surface area contributed by atoms with Crippen LogP contribution >= 0.6 is 23.1 Å². The number of hydrogen-bond donors (Lipinski definition) is 1. The molecule has 0 radical (unpaired) electrons. The summed E-state index contributed by atoms with van der Waals surface area (Å²) in [5.41, 5.74) is 0.914. The molecule has 1 N–H and O–H groups in total. The maximum atomic E-state index is 13.7. The summed E-state index contributed by atoms with van der Waals surface area (Å²) in [6.07, 6.45) is 0. The van der Waals surface area contributed by atoms with Crippen molar-refractivity contribution in [2.75, 3.05) is 6.61 Å².